The van der Waals surface area contributed by atoms with Crippen LogP contribution in [0.15, 0.2) is 0 Å². The average Bonchev–Trinajstić information content (AvgIpc) is 2.55. The molecule has 7 heteroatoms. The molecule has 0 radical (unpaired) electrons. The van der Waals surface area contributed by atoms with Gasteiger partial charge in [-0.25, -0.2) is 0 Å². The van der Waals surface area contributed by atoms with Gasteiger partial charge in [-0.1, -0.05) is 0 Å². The Balaban J connectivity index is 2.38. The third-order valence-electron chi connectivity index (χ3n) is 3.72. The van der Waals surface area contributed by atoms with Gasteiger partial charge in [-0.2, -0.15) is 0 Å². The molecule has 7 nitrogen and oxygen atoms in total. The molecule has 2 saturated heterocycles. The zero-order chi connectivity index (χ0) is 13.4. The fourth-order valence-electron chi connectivity index (χ4n) is 2.62. The van der Waals surface area contributed by atoms with E-state index in [1.54, 1.807) is 0 Å². The molecule has 1 unspecified atom stereocenters. The van der Waals surface area contributed by atoms with Gasteiger partial charge in [0.25, 0.3) is 5.79 Å². The van der Waals surface area contributed by atoms with Crippen LogP contribution < -0.4 is 0 Å². The summed E-state index contributed by atoms with van der Waals surface area (Å²) in [7, 11) is 1.33. The van der Waals surface area contributed by atoms with E-state index in [1.807, 2.05) is 0 Å². The molecular formula is C11H20O7. The summed E-state index contributed by atoms with van der Waals surface area (Å²) in [5, 5.41) is 39.5. The second-order valence-corrected chi connectivity index (χ2v) is 4.73. The van der Waals surface area contributed by atoms with E-state index in [0.29, 0.717) is 19.3 Å². The van der Waals surface area contributed by atoms with Crippen molar-refractivity contribution in [2.75, 3.05) is 20.3 Å². The van der Waals surface area contributed by atoms with Crippen molar-refractivity contribution >= 4 is 0 Å². The summed E-state index contributed by atoms with van der Waals surface area (Å²) in [5.74, 6) is -3.71. The summed E-state index contributed by atoms with van der Waals surface area (Å²) in [5.41, 5.74) is 0. The lowest BCUT2D eigenvalue weighted by atomic mass is 9.86. The van der Waals surface area contributed by atoms with E-state index < -0.39 is 36.5 Å². The third-order valence-corrected chi connectivity index (χ3v) is 3.72. The summed E-state index contributed by atoms with van der Waals surface area (Å²) in [6.45, 7) is -0.252. The van der Waals surface area contributed by atoms with Crippen molar-refractivity contribution in [2.45, 2.75) is 49.1 Å². The van der Waals surface area contributed by atoms with Gasteiger partial charge in [0.05, 0.1) is 13.2 Å². The monoisotopic (exact) mass is 264 g/mol. The Morgan fingerprint density at radius 2 is 2.06 bits per heavy atom. The molecule has 2 heterocycles. The molecule has 0 amide bonds. The number of fused-ring (bicyclic) bond motifs is 1. The van der Waals surface area contributed by atoms with Gasteiger partial charge in [-0.05, 0) is 12.8 Å². The minimum absolute atomic E-state index is 0.235. The predicted octanol–water partition coefficient (Wildman–Crippen LogP) is -1.67. The zero-order valence-corrected chi connectivity index (χ0v) is 10.3. The topological polar surface area (TPSA) is 109 Å². The summed E-state index contributed by atoms with van der Waals surface area (Å²) in [4.78, 5) is 0. The van der Waals surface area contributed by atoms with Crippen LogP contribution >= 0.6 is 0 Å². The largest absolute Gasteiger partial charge is 0.394 e. The lowest BCUT2D eigenvalue weighted by Crippen LogP contribution is -2.74. The SMILES string of the molecule is COC12CCCCO[C@@]1(O)[C@@H](O)[C@H](O)[C@@H](CO)O2. The smallest absolute Gasteiger partial charge is 0.250 e. The van der Waals surface area contributed by atoms with E-state index in [-0.39, 0.29) is 6.61 Å². The Morgan fingerprint density at radius 1 is 1.33 bits per heavy atom. The number of rotatable bonds is 2. The molecule has 0 spiro atoms. The molecule has 2 rings (SSSR count). The van der Waals surface area contributed by atoms with Crippen LogP contribution in [0.25, 0.3) is 0 Å². The van der Waals surface area contributed by atoms with Gasteiger partial charge in [0.15, 0.2) is 0 Å². The van der Waals surface area contributed by atoms with E-state index in [1.165, 1.54) is 7.11 Å². The molecule has 0 aromatic rings. The number of hydrogen-bond donors (Lipinski definition) is 4. The summed E-state index contributed by atoms with van der Waals surface area (Å²) in [6, 6.07) is 0. The van der Waals surface area contributed by atoms with Crippen molar-refractivity contribution in [3.63, 3.8) is 0 Å². The van der Waals surface area contributed by atoms with Crippen molar-refractivity contribution in [1.82, 2.24) is 0 Å². The molecule has 0 saturated carbocycles. The van der Waals surface area contributed by atoms with Crippen LogP contribution in [-0.2, 0) is 14.2 Å². The minimum Gasteiger partial charge on any atom is -0.394 e. The molecule has 5 atom stereocenters. The van der Waals surface area contributed by atoms with Gasteiger partial charge in [0, 0.05) is 13.5 Å². The highest BCUT2D eigenvalue weighted by atomic mass is 16.8. The Bertz CT molecular complexity index is 299. The van der Waals surface area contributed by atoms with E-state index in [9.17, 15) is 15.3 Å². The first-order valence-corrected chi connectivity index (χ1v) is 6.07. The van der Waals surface area contributed by atoms with Crippen molar-refractivity contribution in [2.24, 2.45) is 0 Å². The van der Waals surface area contributed by atoms with Gasteiger partial charge in [-0.3, -0.25) is 0 Å². The molecule has 106 valence electrons. The maximum atomic E-state index is 10.5. The third kappa shape index (κ3) is 1.87. The molecule has 2 aliphatic rings. The average molecular weight is 264 g/mol. The van der Waals surface area contributed by atoms with Crippen LogP contribution in [0.1, 0.15) is 19.3 Å². The molecule has 0 aromatic heterocycles. The van der Waals surface area contributed by atoms with Gasteiger partial charge in [0.2, 0.25) is 5.79 Å². The summed E-state index contributed by atoms with van der Waals surface area (Å²) in [6.07, 6.45) is -2.41. The van der Waals surface area contributed by atoms with Crippen molar-refractivity contribution in [3.05, 3.63) is 0 Å². The van der Waals surface area contributed by atoms with Crippen molar-refractivity contribution in [3.8, 4) is 0 Å². The van der Waals surface area contributed by atoms with Crippen LogP contribution in [-0.4, -0.2) is 70.6 Å². The highest BCUT2D eigenvalue weighted by Gasteiger charge is 2.66. The Labute approximate surface area is 105 Å². The van der Waals surface area contributed by atoms with Gasteiger partial charge in [0.1, 0.15) is 18.3 Å². The molecule has 2 fully saturated rings. The van der Waals surface area contributed by atoms with E-state index in [4.69, 9.17) is 19.3 Å². The van der Waals surface area contributed by atoms with Crippen LogP contribution in [0.5, 0.6) is 0 Å². The normalized spacial score (nSPS) is 49.5. The van der Waals surface area contributed by atoms with Crippen LogP contribution in [0.2, 0.25) is 0 Å². The highest BCUT2D eigenvalue weighted by molar-refractivity contribution is 5.03. The van der Waals surface area contributed by atoms with E-state index in [2.05, 4.69) is 0 Å². The minimum atomic E-state index is -2.14. The van der Waals surface area contributed by atoms with Crippen LogP contribution in [0, 0.1) is 0 Å². The summed E-state index contributed by atoms with van der Waals surface area (Å²) < 4.78 is 16.0. The molecule has 0 aliphatic carbocycles. The first-order valence-electron chi connectivity index (χ1n) is 6.07. The molecular weight excluding hydrogens is 244 g/mol. The van der Waals surface area contributed by atoms with Crippen LogP contribution in [0.4, 0.5) is 0 Å². The maximum absolute atomic E-state index is 10.5. The number of aliphatic hydroxyl groups excluding tert-OH is 3. The first-order chi connectivity index (χ1) is 8.50. The number of methoxy groups -OCH3 is 1. The fraction of sp³-hybridized carbons (Fsp3) is 1.00. The van der Waals surface area contributed by atoms with Gasteiger partial charge < -0.3 is 34.6 Å². The Morgan fingerprint density at radius 3 is 2.67 bits per heavy atom. The molecule has 18 heavy (non-hydrogen) atoms. The maximum Gasteiger partial charge on any atom is 0.250 e. The van der Waals surface area contributed by atoms with E-state index in [0.717, 1.165) is 0 Å². The van der Waals surface area contributed by atoms with Gasteiger partial charge in [-0.15, -0.1) is 0 Å². The quantitative estimate of drug-likeness (QED) is 0.472. The summed E-state index contributed by atoms with van der Waals surface area (Å²) >= 11 is 0. The van der Waals surface area contributed by atoms with Crippen LogP contribution in [0.3, 0.4) is 0 Å². The Hall–Kier alpha value is -0.280. The zero-order valence-electron chi connectivity index (χ0n) is 10.3. The number of aliphatic hydroxyl groups is 4. The Kier molecular flexibility index (Phi) is 3.93. The molecule has 0 bridgehead atoms. The van der Waals surface area contributed by atoms with Crippen molar-refractivity contribution in [1.29, 1.82) is 0 Å². The lowest BCUT2D eigenvalue weighted by molar-refractivity contribution is -0.459. The second kappa shape index (κ2) is 5.01. The predicted molar refractivity (Wildman–Crippen MR) is 58.5 cm³/mol. The molecule has 2 aliphatic heterocycles. The lowest BCUT2D eigenvalue weighted by Gasteiger charge is -2.53. The van der Waals surface area contributed by atoms with Gasteiger partial charge >= 0.3 is 0 Å². The standard InChI is InChI=1S/C11H20O7/c1-16-10-4-2-3-5-17-11(10,15)9(14)8(13)7(6-12)18-10/h7-9,12-15H,2-6H2,1H3/t7-,8-,9+,10?,11+/m1/s1. The number of ether oxygens (including phenoxy) is 3. The first kappa shape index (κ1) is 14.1. The number of hydrogen-bond acceptors (Lipinski definition) is 7. The second-order valence-electron chi connectivity index (χ2n) is 4.73. The highest BCUT2D eigenvalue weighted by Crippen LogP contribution is 2.44. The van der Waals surface area contributed by atoms with Crippen molar-refractivity contribution < 1.29 is 34.6 Å². The molecule has 0 aromatic carbocycles. The fourth-order valence-corrected chi connectivity index (χ4v) is 2.62. The molecule has 4 N–H and O–H groups in total. The van der Waals surface area contributed by atoms with E-state index >= 15 is 0 Å².